The highest BCUT2D eigenvalue weighted by Crippen LogP contribution is 2.49. The summed E-state index contributed by atoms with van der Waals surface area (Å²) in [6, 6.07) is 35.5. The number of aromatic nitrogens is 1. The first-order valence-corrected chi connectivity index (χ1v) is 19.3. The van der Waals surface area contributed by atoms with E-state index in [9.17, 15) is 8.22 Å². The van der Waals surface area contributed by atoms with Gasteiger partial charge in [0.15, 0.2) is 0 Å². The first-order valence-electron chi connectivity index (χ1n) is 23.1. The highest BCUT2D eigenvalue weighted by Gasteiger charge is 2.22. The zero-order valence-corrected chi connectivity index (χ0v) is 30.5. The van der Waals surface area contributed by atoms with Gasteiger partial charge in [-0.2, -0.15) is 0 Å². The lowest BCUT2D eigenvalue weighted by atomic mass is 9.99. The molecule has 0 aliphatic carbocycles. The number of nitrogens with zero attached hydrogens (tertiary/aromatic N) is 2. The van der Waals surface area contributed by atoms with Gasteiger partial charge in [-0.15, -0.1) is 22.7 Å². The molecule has 0 fully saturated rings. The zero-order chi connectivity index (χ0) is 45.9. The van der Waals surface area contributed by atoms with Gasteiger partial charge in [0.2, 0.25) is 0 Å². The SMILES string of the molecule is [2H]c1c([2H])c([2H])c(-c2c([2H])c([2H])c3c([2H])c(N(c4ccc(-c5ccccc5)cc4)c4cc(-c5nc6ccccc6s5)cc5sc6cc7ccccc7cc6c45)c([2H])c([2H])c3c2[2H])c([2H])c1[2H]. The molecule has 9 aromatic carbocycles. The fraction of sp³-hybridized carbons (Fsp3) is 0. The molecule has 2 heterocycles. The first-order chi connectivity index (χ1) is 31.8. The Bertz CT molecular complexity index is 3790. The van der Waals surface area contributed by atoms with Crippen molar-refractivity contribution in [3.8, 4) is 32.8 Å². The third kappa shape index (κ3) is 5.66. The van der Waals surface area contributed by atoms with Crippen LogP contribution in [-0.4, -0.2) is 4.98 Å². The Labute approximate surface area is 342 Å². The zero-order valence-electron chi connectivity index (χ0n) is 39.8. The Hall–Kier alpha value is -6.59. The van der Waals surface area contributed by atoms with Crippen LogP contribution in [0.5, 0.6) is 0 Å². The van der Waals surface area contributed by atoms with Crippen LogP contribution in [0, 0.1) is 0 Å². The predicted molar refractivity (Wildman–Crippen MR) is 239 cm³/mol. The Balaban J connectivity index is 1.26. The fourth-order valence-electron chi connectivity index (χ4n) is 7.16. The highest BCUT2D eigenvalue weighted by molar-refractivity contribution is 7.26. The van der Waals surface area contributed by atoms with Gasteiger partial charge in [0.05, 0.1) is 31.0 Å². The topological polar surface area (TPSA) is 16.1 Å². The van der Waals surface area contributed by atoms with Gasteiger partial charge in [-0.3, -0.25) is 0 Å². The van der Waals surface area contributed by atoms with Gasteiger partial charge in [0.1, 0.15) is 5.01 Å². The number of para-hydroxylation sites is 1. The minimum Gasteiger partial charge on any atom is -0.310 e. The molecule has 0 spiro atoms. The quantitative estimate of drug-likeness (QED) is 0.168. The van der Waals surface area contributed by atoms with Gasteiger partial charge in [-0.05, 0) is 110 Å². The van der Waals surface area contributed by atoms with Crippen molar-refractivity contribution in [2.45, 2.75) is 0 Å². The molecule has 55 heavy (non-hydrogen) atoms. The van der Waals surface area contributed by atoms with Crippen molar-refractivity contribution >= 4 is 91.7 Å². The van der Waals surface area contributed by atoms with E-state index in [1.54, 1.807) is 27.6 Å². The minimum absolute atomic E-state index is 0.0642. The van der Waals surface area contributed by atoms with E-state index in [1.165, 1.54) is 0 Å². The summed E-state index contributed by atoms with van der Waals surface area (Å²) in [5, 5.41) is 4.04. The van der Waals surface area contributed by atoms with Crippen LogP contribution >= 0.6 is 22.7 Å². The lowest BCUT2D eigenvalue weighted by Crippen LogP contribution is -2.10. The molecule has 2 aromatic heterocycles. The maximum absolute atomic E-state index is 10.0. The standard InChI is InChI=1S/C51H32N2S2/c1-3-11-33(12-4-1)35-21-24-42(25-22-35)53(43-26-23-39-27-38(19-20-40(39)28-43)34-13-5-2-6-14-34)46-30-41(51-52-45-17-9-10-18-47(45)55-51)32-49-50(46)44-29-36-15-7-8-16-37(36)31-48(44)54-49/h1-32H/i2D,5D,6D,13D,14D,19D,20D,23D,26D,27D,28D. The van der Waals surface area contributed by atoms with Crippen molar-refractivity contribution in [1.29, 1.82) is 0 Å². The number of hydrogen-bond donors (Lipinski definition) is 0. The summed E-state index contributed by atoms with van der Waals surface area (Å²) in [7, 11) is 0. The van der Waals surface area contributed by atoms with Crippen molar-refractivity contribution in [1.82, 2.24) is 4.98 Å². The number of thiophene rings is 1. The second-order valence-electron chi connectivity index (χ2n) is 13.1. The molecule has 0 aliphatic rings. The average Bonchev–Trinajstić information content (AvgIpc) is 3.94. The molecular formula is C51H32N2S2. The maximum atomic E-state index is 10.0. The van der Waals surface area contributed by atoms with E-state index in [0.29, 0.717) is 11.4 Å². The number of anilines is 3. The van der Waals surface area contributed by atoms with Crippen molar-refractivity contribution < 1.29 is 15.1 Å². The van der Waals surface area contributed by atoms with E-state index in [1.807, 2.05) is 97.1 Å². The van der Waals surface area contributed by atoms with Gasteiger partial charge in [0.25, 0.3) is 0 Å². The normalized spacial score (nSPS) is 14.4. The molecule has 0 aliphatic heterocycles. The maximum Gasteiger partial charge on any atom is 0.124 e. The summed E-state index contributed by atoms with van der Waals surface area (Å²) in [6.07, 6.45) is 0. The highest BCUT2D eigenvalue weighted by atomic mass is 32.1. The Morgan fingerprint density at radius 1 is 0.455 bits per heavy atom. The molecule has 258 valence electrons. The second-order valence-corrected chi connectivity index (χ2v) is 15.2. The Morgan fingerprint density at radius 3 is 2.02 bits per heavy atom. The molecule has 11 aromatic rings. The van der Waals surface area contributed by atoms with Crippen LogP contribution in [-0.2, 0) is 0 Å². The molecule has 0 bridgehead atoms. The number of benzene rings is 9. The Kier molecular flexibility index (Phi) is 5.36. The van der Waals surface area contributed by atoms with Crippen molar-refractivity contribution in [3.63, 3.8) is 0 Å². The summed E-state index contributed by atoms with van der Waals surface area (Å²) in [6.45, 7) is 0. The first kappa shape index (κ1) is 22.6. The molecule has 0 saturated heterocycles. The smallest absolute Gasteiger partial charge is 0.124 e. The third-order valence-electron chi connectivity index (χ3n) is 9.77. The van der Waals surface area contributed by atoms with Crippen LogP contribution in [0.15, 0.2) is 194 Å². The van der Waals surface area contributed by atoms with E-state index in [4.69, 9.17) is 11.8 Å². The summed E-state index contributed by atoms with van der Waals surface area (Å²) >= 11 is 3.15. The van der Waals surface area contributed by atoms with Gasteiger partial charge in [-0.1, -0.05) is 127 Å². The van der Waals surface area contributed by atoms with Crippen LogP contribution in [0.4, 0.5) is 17.1 Å². The van der Waals surface area contributed by atoms with Crippen LogP contribution in [0.25, 0.3) is 84.8 Å². The summed E-state index contributed by atoms with van der Waals surface area (Å²) in [4.78, 5) is 6.81. The average molecular weight is 748 g/mol. The van der Waals surface area contributed by atoms with Crippen molar-refractivity contribution in [2.75, 3.05) is 4.90 Å². The lowest BCUT2D eigenvalue weighted by Gasteiger charge is -2.27. The van der Waals surface area contributed by atoms with Crippen LogP contribution in [0.3, 0.4) is 0 Å². The summed E-state index contributed by atoms with van der Waals surface area (Å²) in [5.74, 6) is 0. The van der Waals surface area contributed by atoms with E-state index >= 15 is 0 Å². The van der Waals surface area contributed by atoms with Crippen LogP contribution in [0.2, 0.25) is 0 Å². The number of hydrogen-bond acceptors (Lipinski definition) is 4. The fourth-order valence-corrected chi connectivity index (χ4v) is 9.31. The molecule has 0 atom stereocenters. The van der Waals surface area contributed by atoms with E-state index in [0.717, 1.165) is 62.9 Å². The molecule has 2 nitrogen and oxygen atoms in total. The van der Waals surface area contributed by atoms with Gasteiger partial charge >= 0.3 is 0 Å². The molecule has 0 unspecified atom stereocenters. The van der Waals surface area contributed by atoms with Crippen LogP contribution < -0.4 is 4.90 Å². The molecule has 4 heteroatoms. The lowest BCUT2D eigenvalue weighted by molar-refractivity contribution is 1.30. The molecule has 11 rings (SSSR count). The van der Waals surface area contributed by atoms with E-state index < -0.39 is 71.6 Å². The van der Waals surface area contributed by atoms with E-state index in [2.05, 4.69) is 30.3 Å². The summed E-state index contributed by atoms with van der Waals surface area (Å²) < 4.78 is 103. The minimum atomic E-state index is -0.678. The largest absolute Gasteiger partial charge is 0.310 e. The van der Waals surface area contributed by atoms with Gasteiger partial charge in [0, 0.05) is 37.1 Å². The van der Waals surface area contributed by atoms with Crippen molar-refractivity contribution in [3.05, 3.63) is 194 Å². The molecule has 0 saturated carbocycles. The molecule has 0 N–H and O–H groups in total. The van der Waals surface area contributed by atoms with Gasteiger partial charge in [-0.25, -0.2) is 4.98 Å². The number of rotatable bonds is 6. The second kappa shape index (κ2) is 13.1. The Morgan fingerprint density at radius 2 is 1.18 bits per heavy atom. The van der Waals surface area contributed by atoms with E-state index in [-0.39, 0.29) is 22.5 Å². The molecule has 0 amide bonds. The van der Waals surface area contributed by atoms with Gasteiger partial charge < -0.3 is 4.90 Å². The number of fused-ring (bicyclic) bond motifs is 6. The third-order valence-corrected chi connectivity index (χ3v) is 12.0. The van der Waals surface area contributed by atoms with Crippen molar-refractivity contribution in [2.24, 2.45) is 0 Å². The molecule has 0 radical (unpaired) electrons. The monoisotopic (exact) mass is 747 g/mol. The summed E-state index contributed by atoms with van der Waals surface area (Å²) in [5.41, 5.74) is 3.68. The molecular weight excluding hydrogens is 705 g/mol. The predicted octanol–water partition coefficient (Wildman–Crippen LogP) is 15.4. The number of thiazole rings is 1. The van der Waals surface area contributed by atoms with Crippen LogP contribution in [0.1, 0.15) is 15.1 Å².